The number of carbonyl (C=O) groups excluding carboxylic acids is 1. The Labute approximate surface area is 69.0 Å². The standard InChI is InChI=1S/C5H9F2NO3S/c1-5(6,7)3-4(9)8-12(2,10)11/h3H2,1-2H3,(H,8,9). The third kappa shape index (κ3) is 7.39. The van der Waals surface area contributed by atoms with Gasteiger partial charge in [0.05, 0.1) is 12.7 Å². The maximum atomic E-state index is 12.1. The van der Waals surface area contributed by atoms with E-state index < -0.39 is 28.3 Å². The van der Waals surface area contributed by atoms with Gasteiger partial charge < -0.3 is 0 Å². The summed E-state index contributed by atoms with van der Waals surface area (Å²) in [5, 5.41) is 0. The van der Waals surface area contributed by atoms with Crippen LogP contribution in [0.4, 0.5) is 8.78 Å². The van der Waals surface area contributed by atoms with Gasteiger partial charge >= 0.3 is 0 Å². The molecule has 0 spiro atoms. The van der Waals surface area contributed by atoms with Crippen LogP contribution in [0.1, 0.15) is 13.3 Å². The highest BCUT2D eigenvalue weighted by molar-refractivity contribution is 7.89. The van der Waals surface area contributed by atoms with Gasteiger partial charge in [-0.25, -0.2) is 17.2 Å². The van der Waals surface area contributed by atoms with E-state index in [0.717, 1.165) is 6.26 Å². The van der Waals surface area contributed by atoms with Crippen LogP contribution in [0, 0.1) is 0 Å². The zero-order valence-corrected chi connectivity index (χ0v) is 7.41. The molecular weight excluding hydrogens is 192 g/mol. The van der Waals surface area contributed by atoms with Crippen LogP contribution in [-0.2, 0) is 14.8 Å². The molecule has 0 bridgehead atoms. The summed E-state index contributed by atoms with van der Waals surface area (Å²) in [4.78, 5) is 10.5. The molecule has 0 aromatic rings. The van der Waals surface area contributed by atoms with Crippen LogP contribution < -0.4 is 4.72 Å². The summed E-state index contributed by atoms with van der Waals surface area (Å²) >= 11 is 0. The van der Waals surface area contributed by atoms with Gasteiger partial charge in [0.2, 0.25) is 15.9 Å². The minimum absolute atomic E-state index is 0.537. The zero-order valence-electron chi connectivity index (χ0n) is 6.60. The summed E-state index contributed by atoms with van der Waals surface area (Å²) in [6.07, 6.45) is -0.404. The average molecular weight is 201 g/mol. The molecule has 7 heteroatoms. The van der Waals surface area contributed by atoms with Gasteiger partial charge in [-0.05, 0) is 6.92 Å². The number of hydrogen-bond donors (Lipinski definition) is 1. The fourth-order valence-corrected chi connectivity index (χ4v) is 1.01. The second kappa shape index (κ2) is 3.34. The number of amides is 1. The Morgan fingerprint density at radius 3 is 2.17 bits per heavy atom. The first kappa shape index (κ1) is 11.3. The molecule has 0 rings (SSSR count). The largest absolute Gasteiger partial charge is 0.274 e. The van der Waals surface area contributed by atoms with Gasteiger partial charge in [0.25, 0.3) is 5.92 Å². The van der Waals surface area contributed by atoms with Crippen molar-refractivity contribution in [2.75, 3.05) is 6.26 Å². The van der Waals surface area contributed by atoms with Crippen molar-refractivity contribution in [1.29, 1.82) is 0 Å². The van der Waals surface area contributed by atoms with Gasteiger partial charge in [0, 0.05) is 0 Å². The molecule has 0 heterocycles. The molecule has 1 amide bonds. The molecule has 0 aromatic heterocycles. The minimum atomic E-state index is -3.73. The smallest absolute Gasteiger partial charge is 0.254 e. The van der Waals surface area contributed by atoms with E-state index in [-0.39, 0.29) is 0 Å². The fraction of sp³-hybridized carbons (Fsp3) is 0.800. The quantitative estimate of drug-likeness (QED) is 0.704. The molecule has 0 aliphatic carbocycles. The Bertz CT molecular complexity index is 267. The molecule has 0 aliphatic rings. The van der Waals surface area contributed by atoms with E-state index in [0.29, 0.717) is 6.92 Å². The van der Waals surface area contributed by atoms with Gasteiger partial charge in [-0.1, -0.05) is 0 Å². The van der Waals surface area contributed by atoms with Crippen molar-refractivity contribution in [3.8, 4) is 0 Å². The SMILES string of the molecule is CC(F)(F)CC(=O)NS(C)(=O)=O. The molecule has 0 radical (unpaired) electrons. The van der Waals surface area contributed by atoms with E-state index in [1.54, 1.807) is 0 Å². The van der Waals surface area contributed by atoms with Crippen molar-refractivity contribution in [2.45, 2.75) is 19.3 Å². The molecule has 0 saturated heterocycles. The number of halogens is 2. The first-order valence-electron chi connectivity index (χ1n) is 2.98. The third-order valence-electron chi connectivity index (χ3n) is 0.770. The maximum absolute atomic E-state index is 12.1. The van der Waals surface area contributed by atoms with Gasteiger partial charge in [0.15, 0.2) is 0 Å². The Balaban J connectivity index is 4.10. The molecule has 0 fully saturated rings. The van der Waals surface area contributed by atoms with E-state index in [2.05, 4.69) is 0 Å². The summed E-state index contributed by atoms with van der Waals surface area (Å²) in [7, 11) is -3.73. The predicted molar refractivity (Wildman–Crippen MR) is 38.2 cm³/mol. The third-order valence-corrected chi connectivity index (χ3v) is 1.37. The minimum Gasteiger partial charge on any atom is -0.274 e. The topological polar surface area (TPSA) is 63.2 Å². The highest BCUT2D eigenvalue weighted by Gasteiger charge is 2.26. The monoisotopic (exact) mass is 201 g/mol. The molecule has 12 heavy (non-hydrogen) atoms. The van der Waals surface area contributed by atoms with Gasteiger partial charge in [-0.3, -0.25) is 9.52 Å². The molecule has 0 saturated carbocycles. The van der Waals surface area contributed by atoms with E-state index in [4.69, 9.17) is 0 Å². The highest BCUT2D eigenvalue weighted by Crippen LogP contribution is 2.15. The van der Waals surface area contributed by atoms with Crippen molar-refractivity contribution in [3.63, 3.8) is 0 Å². The second-order valence-electron chi connectivity index (χ2n) is 2.54. The van der Waals surface area contributed by atoms with Crippen LogP contribution in [0.5, 0.6) is 0 Å². The fourth-order valence-electron chi connectivity index (χ4n) is 0.525. The number of alkyl halides is 2. The van der Waals surface area contributed by atoms with Gasteiger partial charge in [0.1, 0.15) is 0 Å². The van der Waals surface area contributed by atoms with Crippen molar-refractivity contribution < 1.29 is 22.0 Å². The Morgan fingerprint density at radius 2 is 1.92 bits per heavy atom. The number of hydrogen-bond acceptors (Lipinski definition) is 3. The summed E-state index contributed by atoms with van der Waals surface area (Å²) in [5.41, 5.74) is 0. The normalized spacial score (nSPS) is 12.7. The number of sulfonamides is 1. The Kier molecular flexibility index (Phi) is 3.14. The lowest BCUT2D eigenvalue weighted by Gasteiger charge is -2.08. The lowest BCUT2D eigenvalue weighted by Crippen LogP contribution is -2.33. The summed E-state index contributed by atoms with van der Waals surface area (Å²) in [5.74, 6) is -4.39. The summed E-state index contributed by atoms with van der Waals surface area (Å²) in [6, 6.07) is 0. The molecule has 72 valence electrons. The molecule has 0 aromatic carbocycles. The predicted octanol–water partition coefficient (Wildman–Crippen LogP) is 0.107. The molecule has 0 atom stereocenters. The lowest BCUT2D eigenvalue weighted by molar-refractivity contribution is -0.125. The van der Waals surface area contributed by atoms with Crippen molar-refractivity contribution in [1.82, 2.24) is 4.72 Å². The average Bonchev–Trinajstić information content (AvgIpc) is 1.49. The van der Waals surface area contributed by atoms with Crippen LogP contribution >= 0.6 is 0 Å². The summed E-state index contributed by atoms with van der Waals surface area (Å²) < 4.78 is 46.3. The van der Waals surface area contributed by atoms with Crippen LogP contribution in [0.25, 0.3) is 0 Å². The van der Waals surface area contributed by atoms with Crippen molar-refractivity contribution in [2.24, 2.45) is 0 Å². The number of nitrogens with one attached hydrogen (secondary N) is 1. The molecule has 0 aliphatic heterocycles. The number of rotatable bonds is 3. The first-order chi connectivity index (χ1) is 5.10. The zero-order chi connectivity index (χ0) is 9.99. The van der Waals surface area contributed by atoms with E-state index >= 15 is 0 Å². The van der Waals surface area contributed by atoms with Gasteiger partial charge in [-0.15, -0.1) is 0 Å². The number of carbonyl (C=O) groups is 1. The summed E-state index contributed by atoms with van der Waals surface area (Å²) in [6.45, 7) is 0.537. The Morgan fingerprint density at radius 1 is 1.50 bits per heavy atom. The highest BCUT2D eigenvalue weighted by atomic mass is 32.2. The Hall–Kier alpha value is -0.720. The van der Waals surface area contributed by atoms with E-state index in [9.17, 15) is 22.0 Å². The van der Waals surface area contributed by atoms with Crippen LogP contribution in [-0.4, -0.2) is 26.5 Å². The molecule has 4 nitrogen and oxygen atoms in total. The van der Waals surface area contributed by atoms with Crippen LogP contribution in [0.15, 0.2) is 0 Å². The first-order valence-corrected chi connectivity index (χ1v) is 4.88. The maximum Gasteiger partial charge on any atom is 0.254 e. The van der Waals surface area contributed by atoms with E-state index in [1.165, 1.54) is 4.72 Å². The van der Waals surface area contributed by atoms with Crippen LogP contribution in [0.3, 0.4) is 0 Å². The van der Waals surface area contributed by atoms with Gasteiger partial charge in [-0.2, -0.15) is 0 Å². The van der Waals surface area contributed by atoms with Crippen molar-refractivity contribution in [3.05, 3.63) is 0 Å². The lowest BCUT2D eigenvalue weighted by atomic mass is 10.3. The molecular formula is C5H9F2NO3S. The van der Waals surface area contributed by atoms with Crippen LogP contribution in [0.2, 0.25) is 0 Å². The van der Waals surface area contributed by atoms with E-state index in [1.807, 2.05) is 0 Å². The second-order valence-corrected chi connectivity index (χ2v) is 4.29. The molecule has 0 unspecified atom stereocenters. The van der Waals surface area contributed by atoms with Crippen molar-refractivity contribution >= 4 is 15.9 Å². The molecule has 1 N–H and O–H groups in total.